The van der Waals surface area contributed by atoms with Gasteiger partial charge < -0.3 is 15.4 Å². The first-order valence-electron chi connectivity index (χ1n) is 6.13. The number of ether oxygens (including phenoxy) is 1. The smallest absolute Gasteiger partial charge is 0.139 e. The largest absolute Gasteiger partial charge is 0.389 e. The van der Waals surface area contributed by atoms with E-state index in [9.17, 15) is 0 Å². The van der Waals surface area contributed by atoms with Crippen LogP contribution in [0, 0.1) is 13.8 Å². The third kappa shape index (κ3) is 2.62. The highest BCUT2D eigenvalue weighted by atomic mass is 32.1. The summed E-state index contributed by atoms with van der Waals surface area (Å²) in [5, 5.41) is 0. The second-order valence-electron chi connectivity index (χ2n) is 4.77. The minimum Gasteiger partial charge on any atom is -0.389 e. The van der Waals surface area contributed by atoms with Gasteiger partial charge >= 0.3 is 0 Å². The monoisotopic (exact) mass is 265 g/mol. The molecule has 1 saturated heterocycles. The maximum absolute atomic E-state index is 5.84. The molecule has 0 radical (unpaired) electrons. The Morgan fingerprint density at radius 2 is 2.28 bits per heavy atom. The molecule has 0 amide bonds. The lowest BCUT2D eigenvalue weighted by Gasteiger charge is -2.33. The first-order chi connectivity index (χ1) is 8.49. The predicted molar refractivity (Wildman–Crippen MR) is 77.2 cm³/mol. The predicted octanol–water partition coefficient (Wildman–Crippen LogP) is 1.56. The standard InChI is InChI=1S/C13H19N3OS/c1-8-6-9(2)15-13(11(8)12(14)18)16-4-5-17-10(3)7-16/h6,10H,4-5,7H2,1-3H3,(H2,14,18). The van der Waals surface area contributed by atoms with Crippen LogP contribution in [-0.2, 0) is 4.74 Å². The Morgan fingerprint density at radius 1 is 1.56 bits per heavy atom. The molecular weight excluding hydrogens is 246 g/mol. The molecule has 0 aromatic carbocycles. The molecule has 98 valence electrons. The first kappa shape index (κ1) is 13.2. The molecule has 2 heterocycles. The molecule has 18 heavy (non-hydrogen) atoms. The van der Waals surface area contributed by atoms with Gasteiger partial charge in [-0.25, -0.2) is 4.98 Å². The molecule has 0 bridgehead atoms. The molecule has 1 aromatic heterocycles. The Labute approximate surface area is 113 Å². The zero-order chi connectivity index (χ0) is 13.3. The third-order valence-electron chi connectivity index (χ3n) is 3.11. The van der Waals surface area contributed by atoms with Gasteiger partial charge in [0.2, 0.25) is 0 Å². The molecule has 1 aromatic rings. The van der Waals surface area contributed by atoms with Crippen molar-refractivity contribution in [3.63, 3.8) is 0 Å². The lowest BCUT2D eigenvalue weighted by molar-refractivity contribution is 0.0529. The topological polar surface area (TPSA) is 51.4 Å². The van der Waals surface area contributed by atoms with Gasteiger partial charge in [-0.05, 0) is 32.4 Å². The fraction of sp³-hybridized carbons (Fsp3) is 0.538. The number of hydrogen-bond acceptors (Lipinski definition) is 4. The molecule has 1 unspecified atom stereocenters. The van der Waals surface area contributed by atoms with Gasteiger partial charge in [-0.3, -0.25) is 0 Å². The van der Waals surface area contributed by atoms with Crippen molar-refractivity contribution in [3.8, 4) is 0 Å². The normalized spacial score (nSPS) is 19.9. The summed E-state index contributed by atoms with van der Waals surface area (Å²) in [4.78, 5) is 7.24. The summed E-state index contributed by atoms with van der Waals surface area (Å²) in [6, 6.07) is 2.02. The quantitative estimate of drug-likeness (QED) is 0.822. The average molecular weight is 265 g/mol. The fourth-order valence-corrected chi connectivity index (χ4v) is 2.61. The van der Waals surface area contributed by atoms with E-state index >= 15 is 0 Å². The van der Waals surface area contributed by atoms with E-state index in [0.29, 0.717) is 11.6 Å². The van der Waals surface area contributed by atoms with Crippen LogP contribution < -0.4 is 10.6 Å². The molecule has 0 saturated carbocycles. The number of hydrogen-bond donors (Lipinski definition) is 1. The summed E-state index contributed by atoms with van der Waals surface area (Å²) in [5.41, 5.74) is 8.81. The molecule has 2 rings (SSSR count). The van der Waals surface area contributed by atoms with Crippen LogP contribution in [0.4, 0.5) is 5.82 Å². The number of thiocarbonyl (C=S) groups is 1. The SMILES string of the molecule is Cc1cc(C)c(C(N)=S)c(N2CCOC(C)C2)n1. The lowest BCUT2D eigenvalue weighted by atomic mass is 10.1. The molecule has 1 aliphatic heterocycles. The van der Waals surface area contributed by atoms with E-state index in [0.717, 1.165) is 35.7 Å². The van der Waals surface area contributed by atoms with Gasteiger partial charge in [0.1, 0.15) is 10.8 Å². The van der Waals surface area contributed by atoms with E-state index in [2.05, 4.69) is 16.8 Å². The zero-order valence-electron chi connectivity index (χ0n) is 11.1. The highest BCUT2D eigenvalue weighted by Gasteiger charge is 2.22. The van der Waals surface area contributed by atoms with Crippen molar-refractivity contribution in [2.24, 2.45) is 5.73 Å². The Morgan fingerprint density at radius 3 is 2.89 bits per heavy atom. The Bertz CT molecular complexity index is 476. The summed E-state index contributed by atoms with van der Waals surface area (Å²) < 4.78 is 5.56. The molecule has 2 N–H and O–H groups in total. The van der Waals surface area contributed by atoms with Crippen LogP contribution in [0.25, 0.3) is 0 Å². The van der Waals surface area contributed by atoms with Crippen molar-refractivity contribution in [1.29, 1.82) is 0 Å². The maximum atomic E-state index is 5.84. The van der Waals surface area contributed by atoms with Crippen LogP contribution in [0.1, 0.15) is 23.7 Å². The van der Waals surface area contributed by atoms with Crippen molar-refractivity contribution in [1.82, 2.24) is 4.98 Å². The molecule has 5 heteroatoms. The number of pyridine rings is 1. The Balaban J connectivity index is 2.44. The number of morpholine rings is 1. The average Bonchev–Trinajstić information content (AvgIpc) is 2.27. The van der Waals surface area contributed by atoms with Gasteiger partial charge in [0.05, 0.1) is 18.3 Å². The number of aromatic nitrogens is 1. The van der Waals surface area contributed by atoms with Gasteiger partial charge in [-0.15, -0.1) is 0 Å². The Kier molecular flexibility index (Phi) is 3.82. The van der Waals surface area contributed by atoms with Gasteiger partial charge in [0, 0.05) is 18.8 Å². The van der Waals surface area contributed by atoms with E-state index in [4.69, 9.17) is 22.7 Å². The minimum absolute atomic E-state index is 0.209. The van der Waals surface area contributed by atoms with Crippen molar-refractivity contribution in [2.45, 2.75) is 26.9 Å². The number of anilines is 1. The van der Waals surface area contributed by atoms with Crippen LogP contribution in [0.5, 0.6) is 0 Å². The highest BCUT2D eigenvalue weighted by Crippen LogP contribution is 2.24. The van der Waals surface area contributed by atoms with Crippen LogP contribution in [0.3, 0.4) is 0 Å². The summed E-state index contributed by atoms with van der Waals surface area (Å²) in [7, 11) is 0. The van der Waals surface area contributed by atoms with Gasteiger partial charge in [-0.2, -0.15) is 0 Å². The Hall–Kier alpha value is -1.20. The van der Waals surface area contributed by atoms with Crippen LogP contribution >= 0.6 is 12.2 Å². The summed E-state index contributed by atoms with van der Waals surface area (Å²) in [6.07, 6.45) is 0.209. The van der Waals surface area contributed by atoms with Gasteiger partial charge in [-0.1, -0.05) is 12.2 Å². The van der Waals surface area contributed by atoms with E-state index in [-0.39, 0.29) is 6.10 Å². The summed E-state index contributed by atoms with van der Waals surface area (Å²) >= 11 is 5.16. The third-order valence-corrected chi connectivity index (χ3v) is 3.32. The number of aryl methyl sites for hydroxylation is 2. The minimum atomic E-state index is 0.209. The molecule has 1 atom stereocenters. The molecule has 0 aliphatic carbocycles. The van der Waals surface area contributed by atoms with E-state index < -0.39 is 0 Å². The van der Waals surface area contributed by atoms with Gasteiger partial charge in [0.25, 0.3) is 0 Å². The second kappa shape index (κ2) is 5.20. The van der Waals surface area contributed by atoms with Crippen LogP contribution in [0.15, 0.2) is 6.07 Å². The molecule has 4 nitrogen and oxygen atoms in total. The summed E-state index contributed by atoms with van der Waals surface area (Å²) in [5.74, 6) is 0.898. The summed E-state index contributed by atoms with van der Waals surface area (Å²) in [6.45, 7) is 8.45. The highest BCUT2D eigenvalue weighted by molar-refractivity contribution is 7.80. The van der Waals surface area contributed by atoms with Crippen LogP contribution in [0.2, 0.25) is 0 Å². The van der Waals surface area contributed by atoms with Crippen molar-refractivity contribution < 1.29 is 4.74 Å². The van der Waals surface area contributed by atoms with E-state index in [1.807, 2.05) is 19.9 Å². The van der Waals surface area contributed by atoms with Gasteiger partial charge in [0.15, 0.2) is 0 Å². The zero-order valence-corrected chi connectivity index (χ0v) is 11.9. The van der Waals surface area contributed by atoms with Crippen LogP contribution in [-0.4, -0.2) is 35.8 Å². The molecule has 1 aliphatic rings. The van der Waals surface area contributed by atoms with E-state index in [1.54, 1.807) is 0 Å². The van der Waals surface area contributed by atoms with Crippen molar-refractivity contribution >= 4 is 23.0 Å². The van der Waals surface area contributed by atoms with Crippen molar-refractivity contribution in [3.05, 3.63) is 22.9 Å². The number of rotatable bonds is 2. The van der Waals surface area contributed by atoms with E-state index in [1.165, 1.54) is 0 Å². The van der Waals surface area contributed by atoms with Crippen molar-refractivity contribution in [2.75, 3.05) is 24.6 Å². The second-order valence-corrected chi connectivity index (χ2v) is 5.21. The number of nitrogens with two attached hydrogens (primary N) is 1. The molecule has 0 spiro atoms. The molecular formula is C13H19N3OS. The fourth-order valence-electron chi connectivity index (χ4n) is 2.36. The lowest BCUT2D eigenvalue weighted by Crippen LogP contribution is -2.42. The maximum Gasteiger partial charge on any atom is 0.139 e. The number of nitrogens with zero attached hydrogens (tertiary/aromatic N) is 2. The molecule has 1 fully saturated rings. The first-order valence-corrected chi connectivity index (χ1v) is 6.54.